The van der Waals surface area contributed by atoms with Gasteiger partial charge in [0.05, 0.1) is 0 Å². The molecule has 2 nitrogen and oxygen atoms in total. The molecule has 52 valence electrons. The maximum absolute atomic E-state index is 4.19. The normalized spacial score (nSPS) is 22.9. The van der Waals surface area contributed by atoms with Gasteiger partial charge in [0, 0.05) is 0 Å². The fourth-order valence-electron chi connectivity index (χ4n) is 0.931. The molecule has 9 heavy (non-hydrogen) atoms. The van der Waals surface area contributed by atoms with E-state index in [0.29, 0.717) is 0 Å². The molecule has 0 aliphatic carbocycles. The molecule has 1 aliphatic heterocycles. The second-order valence-corrected chi connectivity index (χ2v) is 3.47. The van der Waals surface area contributed by atoms with Crippen LogP contribution < -0.4 is 0 Å². The fraction of sp³-hybridized carbons (Fsp3) is 1.00. The van der Waals surface area contributed by atoms with Crippen molar-refractivity contribution in [2.75, 3.05) is 5.88 Å². The number of azo groups is 1. The Morgan fingerprint density at radius 1 is 1.44 bits per heavy atom. The van der Waals surface area contributed by atoms with Crippen LogP contribution in [0, 0.1) is 0 Å². The molecule has 0 radical (unpaired) electrons. The van der Waals surface area contributed by atoms with E-state index in [1.54, 1.807) is 0 Å². The van der Waals surface area contributed by atoms with Crippen molar-refractivity contribution in [2.45, 2.75) is 31.6 Å². The molecule has 0 aromatic rings. The third-order valence-corrected chi connectivity index (χ3v) is 3.19. The third-order valence-electron chi connectivity index (χ3n) is 1.75. The van der Waals surface area contributed by atoms with Crippen LogP contribution in [0.1, 0.15) is 26.7 Å². The van der Waals surface area contributed by atoms with Gasteiger partial charge < -0.3 is 0 Å². The predicted octanol–water partition coefficient (Wildman–Crippen LogP) is 2.66. The van der Waals surface area contributed by atoms with Gasteiger partial charge in [0.25, 0.3) is 0 Å². The van der Waals surface area contributed by atoms with Crippen LogP contribution in [0.4, 0.5) is 0 Å². The van der Waals surface area contributed by atoms with E-state index in [-0.39, 0.29) is 4.87 Å². The Labute approximate surface area is 60.1 Å². The summed E-state index contributed by atoms with van der Waals surface area (Å²) in [4.78, 5) is 0.153. The Morgan fingerprint density at radius 2 is 2.11 bits per heavy atom. The van der Waals surface area contributed by atoms with Gasteiger partial charge >= 0.3 is 0 Å². The first kappa shape index (κ1) is 7.06. The van der Waals surface area contributed by atoms with E-state index >= 15 is 0 Å². The number of thioether (sulfide) groups is 1. The lowest BCUT2D eigenvalue weighted by atomic mass is 10.2. The standard InChI is InChI=1S/C6H12N2S/c1-3-6(4-2)8-7-5-9-6/h3-5H2,1-2H3. The van der Waals surface area contributed by atoms with E-state index in [2.05, 4.69) is 24.1 Å². The smallest absolute Gasteiger partial charge is 0.128 e. The lowest BCUT2D eigenvalue weighted by Crippen LogP contribution is -2.15. The zero-order valence-corrected chi connectivity index (χ0v) is 6.74. The molecule has 3 heteroatoms. The van der Waals surface area contributed by atoms with Crippen molar-refractivity contribution in [3.63, 3.8) is 0 Å². The Hall–Kier alpha value is -0.0500. The van der Waals surface area contributed by atoms with Crippen molar-refractivity contribution >= 4 is 11.8 Å². The van der Waals surface area contributed by atoms with Gasteiger partial charge in [-0.2, -0.15) is 10.2 Å². The molecule has 1 heterocycles. The average Bonchev–Trinajstić information content (AvgIpc) is 2.36. The van der Waals surface area contributed by atoms with Gasteiger partial charge in [-0.05, 0) is 12.8 Å². The monoisotopic (exact) mass is 144 g/mol. The number of nitrogens with zero attached hydrogens (tertiary/aromatic N) is 2. The number of rotatable bonds is 2. The maximum atomic E-state index is 4.19. The van der Waals surface area contributed by atoms with Gasteiger partial charge in [-0.3, -0.25) is 0 Å². The lowest BCUT2D eigenvalue weighted by molar-refractivity contribution is 0.560. The average molecular weight is 144 g/mol. The highest BCUT2D eigenvalue weighted by Crippen LogP contribution is 2.38. The van der Waals surface area contributed by atoms with Crippen LogP contribution in [0.3, 0.4) is 0 Å². The minimum atomic E-state index is 0.153. The molecule has 0 aromatic carbocycles. The summed E-state index contributed by atoms with van der Waals surface area (Å²) in [5.74, 6) is 0.863. The molecule has 1 rings (SSSR count). The summed E-state index contributed by atoms with van der Waals surface area (Å²) in [6.45, 7) is 4.34. The first-order valence-electron chi connectivity index (χ1n) is 3.35. The molecule has 0 spiro atoms. The molecule has 0 unspecified atom stereocenters. The first-order chi connectivity index (χ1) is 4.33. The minimum Gasteiger partial charge on any atom is -0.182 e. The summed E-state index contributed by atoms with van der Waals surface area (Å²) < 4.78 is 0. The van der Waals surface area contributed by atoms with Gasteiger partial charge in [0.15, 0.2) is 0 Å². The highest BCUT2D eigenvalue weighted by Gasteiger charge is 2.29. The van der Waals surface area contributed by atoms with Gasteiger partial charge in [-0.1, -0.05) is 13.8 Å². The predicted molar refractivity (Wildman–Crippen MR) is 40.6 cm³/mol. The highest BCUT2D eigenvalue weighted by atomic mass is 32.2. The lowest BCUT2D eigenvalue weighted by Gasteiger charge is -2.18. The quantitative estimate of drug-likeness (QED) is 0.584. The second-order valence-electron chi connectivity index (χ2n) is 2.17. The summed E-state index contributed by atoms with van der Waals surface area (Å²) in [6, 6.07) is 0. The first-order valence-corrected chi connectivity index (χ1v) is 4.34. The van der Waals surface area contributed by atoms with Gasteiger partial charge in [-0.15, -0.1) is 11.8 Å². The number of hydrogen-bond donors (Lipinski definition) is 0. The van der Waals surface area contributed by atoms with Crippen molar-refractivity contribution in [3.05, 3.63) is 0 Å². The topological polar surface area (TPSA) is 24.7 Å². The Balaban J connectivity index is 2.57. The number of hydrogen-bond acceptors (Lipinski definition) is 3. The minimum absolute atomic E-state index is 0.153. The summed E-state index contributed by atoms with van der Waals surface area (Å²) in [5.41, 5.74) is 0. The van der Waals surface area contributed by atoms with Crippen molar-refractivity contribution in [1.29, 1.82) is 0 Å². The summed E-state index contributed by atoms with van der Waals surface area (Å²) >= 11 is 1.86. The Kier molecular flexibility index (Phi) is 2.11. The van der Waals surface area contributed by atoms with E-state index in [1.165, 1.54) is 0 Å². The fourth-order valence-corrected chi connectivity index (χ4v) is 1.81. The van der Waals surface area contributed by atoms with Crippen LogP contribution in [-0.2, 0) is 0 Å². The molecule has 0 bridgehead atoms. The van der Waals surface area contributed by atoms with E-state index in [4.69, 9.17) is 0 Å². The largest absolute Gasteiger partial charge is 0.182 e. The Bertz CT molecular complexity index is 118. The van der Waals surface area contributed by atoms with E-state index in [1.807, 2.05) is 11.8 Å². The van der Waals surface area contributed by atoms with Crippen LogP contribution in [0.25, 0.3) is 0 Å². The molecular formula is C6H12N2S. The zero-order valence-electron chi connectivity index (χ0n) is 5.92. The molecule has 0 saturated heterocycles. The summed E-state index contributed by atoms with van der Waals surface area (Å²) in [6.07, 6.45) is 2.22. The van der Waals surface area contributed by atoms with Crippen LogP contribution in [0.2, 0.25) is 0 Å². The van der Waals surface area contributed by atoms with Crippen LogP contribution in [0.5, 0.6) is 0 Å². The molecule has 0 atom stereocenters. The molecule has 0 N–H and O–H groups in total. The SMILES string of the molecule is CCC1(CC)N=NCS1. The third kappa shape index (κ3) is 1.26. The van der Waals surface area contributed by atoms with Crippen molar-refractivity contribution in [3.8, 4) is 0 Å². The van der Waals surface area contributed by atoms with Gasteiger partial charge in [0.1, 0.15) is 10.7 Å². The summed E-state index contributed by atoms with van der Waals surface area (Å²) in [7, 11) is 0. The van der Waals surface area contributed by atoms with E-state index in [9.17, 15) is 0 Å². The van der Waals surface area contributed by atoms with Crippen LogP contribution >= 0.6 is 11.8 Å². The molecule has 0 saturated carbocycles. The summed E-state index contributed by atoms with van der Waals surface area (Å²) in [5, 5.41) is 8.16. The van der Waals surface area contributed by atoms with E-state index in [0.717, 1.165) is 18.7 Å². The zero-order chi connectivity index (χ0) is 6.74. The van der Waals surface area contributed by atoms with Gasteiger partial charge in [0.2, 0.25) is 0 Å². The van der Waals surface area contributed by atoms with Crippen LogP contribution in [-0.4, -0.2) is 10.7 Å². The maximum Gasteiger partial charge on any atom is 0.128 e. The molecule has 0 fully saturated rings. The van der Waals surface area contributed by atoms with Crippen molar-refractivity contribution < 1.29 is 0 Å². The van der Waals surface area contributed by atoms with Crippen molar-refractivity contribution in [2.24, 2.45) is 10.2 Å². The highest BCUT2D eigenvalue weighted by molar-refractivity contribution is 8.00. The molecule has 0 aromatic heterocycles. The second kappa shape index (κ2) is 2.69. The molecule has 1 aliphatic rings. The van der Waals surface area contributed by atoms with Gasteiger partial charge in [-0.25, -0.2) is 0 Å². The van der Waals surface area contributed by atoms with Crippen LogP contribution in [0.15, 0.2) is 10.2 Å². The molecular weight excluding hydrogens is 132 g/mol. The van der Waals surface area contributed by atoms with E-state index < -0.39 is 0 Å². The Morgan fingerprint density at radius 3 is 2.33 bits per heavy atom. The van der Waals surface area contributed by atoms with Crippen molar-refractivity contribution in [1.82, 2.24) is 0 Å². The molecule has 0 amide bonds.